The Morgan fingerprint density at radius 3 is 2.77 bits per heavy atom. The van der Waals surface area contributed by atoms with Crippen molar-refractivity contribution in [2.45, 2.75) is 25.6 Å². The molecule has 8 heteroatoms. The van der Waals surface area contributed by atoms with Gasteiger partial charge in [0.25, 0.3) is 5.69 Å². The summed E-state index contributed by atoms with van der Waals surface area (Å²) in [4.78, 5) is 12.8. The van der Waals surface area contributed by atoms with Crippen molar-refractivity contribution in [2.24, 2.45) is 0 Å². The first-order chi connectivity index (χ1) is 14.5. The smallest absolute Gasteiger partial charge is 0.270 e. The lowest BCUT2D eigenvalue weighted by atomic mass is 10.00. The molecule has 0 saturated heterocycles. The molecule has 1 aromatic heterocycles. The molecule has 156 valence electrons. The summed E-state index contributed by atoms with van der Waals surface area (Å²) in [5.74, 6) is -1.27. The Hall–Kier alpha value is -3.26. The zero-order chi connectivity index (χ0) is 21.3. The molecule has 30 heavy (non-hydrogen) atoms. The fourth-order valence-electron chi connectivity index (χ4n) is 4.12. The van der Waals surface area contributed by atoms with Crippen molar-refractivity contribution in [3.8, 4) is 5.75 Å². The molecule has 0 aliphatic carbocycles. The van der Waals surface area contributed by atoms with Crippen LogP contribution in [0.4, 0.5) is 14.5 Å². The standard InChI is InChI=1S/C22H21F2N3O3/c1-30-20-9-8-16(27(28)29)13-15(20)14-26-12-4-11-25-10-3-7-19(25)22(26)17-5-2-6-18(23)21(17)24/h2-3,5-10,13,22H,4,11-12,14H2,1H3. The number of benzene rings is 2. The zero-order valence-electron chi connectivity index (χ0n) is 16.4. The van der Waals surface area contributed by atoms with E-state index >= 15 is 0 Å². The molecular formula is C22H21F2N3O3. The van der Waals surface area contributed by atoms with E-state index in [1.165, 1.54) is 25.3 Å². The summed E-state index contributed by atoms with van der Waals surface area (Å²) < 4.78 is 36.3. The summed E-state index contributed by atoms with van der Waals surface area (Å²) in [5.41, 5.74) is 1.66. The highest BCUT2D eigenvalue weighted by Crippen LogP contribution is 2.36. The van der Waals surface area contributed by atoms with Gasteiger partial charge in [0.1, 0.15) is 5.75 Å². The predicted molar refractivity (Wildman–Crippen MR) is 107 cm³/mol. The number of nitro groups is 1. The fourth-order valence-corrected chi connectivity index (χ4v) is 4.12. The Morgan fingerprint density at radius 2 is 2.00 bits per heavy atom. The number of fused-ring (bicyclic) bond motifs is 1. The van der Waals surface area contributed by atoms with Crippen molar-refractivity contribution < 1.29 is 18.4 Å². The molecule has 0 fully saturated rings. The number of aryl methyl sites for hydroxylation is 1. The molecule has 1 atom stereocenters. The Morgan fingerprint density at radius 1 is 1.17 bits per heavy atom. The van der Waals surface area contributed by atoms with E-state index in [1.54, 1.807) is 12.1 Å². The lowest BCUT2D eigenvalue weighted by molar-refractivity contribution is -0.385. The first-order valence-corrected chi connectivity index (χ1v) is 9.64. The number of rotatable bonds is 5. The highest BCUT2D eigenvalue weighted by molar-refractivity contribution is 5.44. The third-order valence-electron chi connectivity index (χ3n) is 5.48. The van der Waals surface area contributed by atoms with E-state index < -0.39 is 22.6 Å². The van der Waals surface area contributed by atoms with Gasteiger partial charge in [-0.25, -0.2) is 8.78 Å². The van der Waals surface area contributed by atoms with Gasteiger partial charge in [-0.15, -0.1) is 0 Å². The molecule has 3 aromatic rings. The normalized spacial score (nSPS) is 16.7. The lowest BCUT2D eigenvalue weighted by Gasteiger charge is -2.31. The van der Waals surface area contributed by atoms with Crippen molar-refractivity contribution in [1.82, 2.24) is 9.47 Å². The van der Waals surface area contributed by atoms with E-state index in [-0.39, 0.29) is 17.8 Å². The Kier molecular flexibility index (Phi) is 5.50. The second kappa shape index (κ2) is 8.23. The number of hydrogen-bond acceptors (Lipinski definition) is 4. The van der Waals surface area contributed by atoms with Crippen LogP contribution >= 0.6 is 0 Å². The molecule has 1 unspecified atom stereocenters. The molecule has 6 nitrogen and oxygen atoms in total. The van der Waals surface area contributed by atoms with E-state index in [1.807, 2.05) is 27.8 Å². The van der Waals surface area contributed by atoms with Crippen LogP contribution in [0.3, 0.4) is 0 Å². The van der Waals surface area contributed by atoms with Crippen LogP contribution in [0.2, 0.25) is 0 Å². The van der Waals surface area contributed by atoms with Crippen LogP contribution in [0, 0.1) is 21.7 Å². The summed E-state index contributed by atoms with van der Waals surface area (Å²) in [5, 5.41) is 11.3. The summed E-state index contributed by atoms with van der Waals surface area (Å²) >= 11 is 0. The molecule has 2 heterocycles. The van der Waals surface area contributed by atoms with Gasteiger partial charge in [-0.1, -0.05) is 12.1 Å². The van der Waals surface area contributed by atoms with Crippen molar-refractivity contribution in [2.75, 3.05) is 13.7 Å². The van der Waals surface area contributed by atoms with Gasteiger partial charge in [-0.2, -0.15) is 0 Å². The van der Waals surface area contributed by atoms with Gasteiger partial charge in [-0.3, -0.25) is 15.0 Å². The summed E-state index contributed by atoms with van der Waals surface area (Å²) in [6, 6.07) is 11.9. The van der Waals surface area contributed by atoms with Crippen molar-refractivity contribution in [3.05, 3.63) is 93.3 Å². The molecule has 2 aromatic carbocycles. The average molecular weight is 413 g/mol. The van der Waals surface area contributed by atoms with Crippen molar-refractivity contribution in [3.63, 3.8) is 0 Å². The number of methoxy groups -OCH3 is 1. The first-order valence-electron chi connectivity index (χ1n) is 9.64. The minimum absolute atomic E-state index is 0.0440. The average Bonchev–Trinajstić information content (AvgIpc) is 3.12. The molecule has 0 N–H and O–H groups in total. The number of halogens is 2. The molecule has 0 saturated carbocycles. The number of non-ortho nitro benzene ring substituents is 1. The maximum Gasteiger partial charge on any atom is 0.270 e. The minimum atomic E-state index is -0.900. The number of hydrogen-bond donors (Lipinski definition) is 0. The quantitative estimate of drug-likeness (QED) is 0.450. The van der Waals surface area contributed by atoms with Gasteiger partial charge >= 0.3 is 0 Å². The molecule has 1 aliphatic rings. The number of nitro benzene ring substituents is 1. The van der Waals surface area contributed by atoms with Crippen LogP contribution in [-0.2, 0) is 13.1 Å². The number of ether oxygens (including phenoxy) is 1. The zero-order valence-corrected chi connectivity index (χ0v) is 16.4. The van der Waals surface area contributed by atoms with Gasteiger partial charge in [0, 0.05) is 54.8 Å². The van der Waals surface area contributed by atoms with Crippen LogP contribution in [0.25, 0.3) is 0 Å². The Bertz CT molecular complexity index is 1080. The third kappa shape index (κ3) is 3.66. The number of aromatic nitrogens is 1. The maximum absolute atomic E-state index is 14.8. The first kappa shape index (κ1) is 20.0. The molecule has 0 spiro atoms. The molecular weight excluding hydrogens is 392 g/mol. The topological polar surface area (TPSA) is 60.5 Å². The van der Waals surface area contributed by atoms with Gasteiger partial charge < -0.3 is 9.30 Å². The lowest BCUT2D eigenvalue weighted by Crippen LogP contribution is -2.30. The summed E-state index contributed by atoms with van der Waals surface area (Å²) in [6.45, 7) is 1.64. The van der Waals surface area contributed by atoms with E-state index in [2.05, 4.69) is 0 Å². The van der Waals surface area contributed by atoms with E-state index in [9.17, 15) is 18.9 Å². The van der Waals surface area contributed by atoms with Crippen LogP contribution < -0.4 is 4.74 Å². The SMILES string of the molecule is COc1ccc([N+](=O)[O-])cc1CN1CCCn2cccc2C1c1cccc(F)c1F. The number of nitrogens with zero attached hydrogens (tertiary/aromatic N) is 3. The van der Waals surface area contributed by atoms with Crippen LogP contribution in [0.15, 0.2) is 54.7 Å². The second-order valence-electron chi connectivity index (χ2n) is 7.25. The third-order valence-corrected chi connectivity index (χ3v) is 5.48. The monoisotopic (exact) mass is 413 g/mol. The van der Waals surface area contributed by atoms with Gasteiger partial charge in [-0.05, 0) is 30.7 Å². The van der Waals surface area contributed by atoms with Gasteiger partial charge in [0.2, 0.25) is 0 Å². The molecule has 1 aliphatic heterocycles. The van der Waals surface area contributed by atoms with Crippen molar-refractivity contribution in [1.29, 1.82) is 0 Å². The maximum atomic E-state index is 14.8. The largest absolute Gasteiger partial charge is 0.496 e. The van der Waals surface area contributed by atoms with E-state index in [4.69, 9.17) is 4.74 Å². The highest BCUT2D eigenvalue weighted by Gasteiger charge is 2.31. The summed E-state index contributed by atoms with van der Waals surface area (Å²) in [7, 11) is 1.50. The van der Waals surface area contributed by atoms with E-state index in [0.29, 0.717) is 17.9 Å². The van der Waals surface area contributed by atoms with E-state index in [0.717, 1.165) is 24.7 Å². The fraction of sp³-hybridized carbons (Fsp3) is 0.273. The second-order valence-corrected chi connectivity index (χ2v) is 7.25. The molecule has 0 radical (unpaired) electrons. The van der Waals surface area contributed by atoms with Gasteiger partial charge in [0.05, 0.1) is 18.1 Å². The van der Waals surface area contributed by atoms with Crippen molar-refractivity contribution >= 4 is 5.69 Å². The van der Waals surface area contributed by atoms with Crippen LogP contribution in [0.1, 0.15) is 29.3 Å². The molecule has 0 bridgehead atoms. The molecule has 0 amide bonds. The predicted octanol–water partition coefficient (Wildman–Crippen LogP) is 4.68. The Labute approximate surface area is 172 Å². The highest BCUT2D eigenvalue weighted by atomic mass is 19.2. The minimum Gasteiger partial charge on any atom is -0.496 e. The summed E-state index contributed by atoms with van der Waals surface area (Å²) in [6.07, 6.45) is 2.73. The molecule has 4 rings (SSSR count). The van der Waals surface area contributed by atoms with Crippen LogP contribution in [0.5, 0.6) is 5.75 Å². The Balaban J connectivity index is 1.81. The van der Waals surface area contributed by atoms with Crippen LogP contribution in [-0.4, -0.2) is 28.0 Å². The van der Waals surface area contributed by atoms with Gasteiger partial charge in [0.15, 0.2) is 11.6 Å².